The lowest BCUT2D eigenvalue weighted by Gasteiger charge is -2.10. The van der Waals surface area contributed by atoms with Gasteiger partial charge in [0.15, 0.2) is 0 Å². The van der Waals surface area contributed by atoms with Crippen LogP contribution in [0.1, 0.15) is 23.6 Å². The van der Waals surface area contributed by atoms with Crippen molar-refractivity contribution in [1.29, 1.82) is 0 Å². The molecule has 0 heterocycles. The van der Waals surface area contributed by atoms with Crippen LogP contribution in [0.15, 0.2) is 17.7 Å². The summed E-state index contributed by atoms with van der Waals surface area (Å²) in [4.78, 5) is 22.8. The lowest BCUT2D eigenvalue weighted by Crippen LogP contribution is -2.15. The molecule has 1 rings (SSSR count). The quantitative estimate of drug-likeness (QED) is 0.387. The number of aliphatic carboxylic acids is 1. The van der Waals surface area contributed by atoms with E-state index in [1.807, 2.05) is 13.8 Å². The van der Waals surface area contributed by atoms with Gasteiger partial charge in [0.2, 0.25) is 0 Å². The number of methoxy groups -OCH3 is 1. The Balaban J connectivity index is 3.31. The van der Waals surface area contributed by atoms with Gasteiger partial charge in [-0.3, -0.25) is 0 Å². The van der Waals surface area contributed by atoms with Crippen molar-refractivity contribution in [2.24, 2.45) is 0 Å². The van der Waals surface area contributed by atoms with Gasteiger partial charge in [-0.15, -0.1) is 0 Å². The van der Waals surface area contributed by atoms with E-state index in [2.05, 4.69) is 0 Å². The molecule has 1 N–H and O–H groups in total. The number of aryl methyl sites for hydroxylation is 2. The van der Waals surface area contributed by atoms with E-state index >= 15 is 0 Å². The van der Waals surface area contributed by atoms with E-state index in [0.29, 0.717) is 11.3 Å². The van der Waals surface area contributed by atoms with Crippen LogP contribution >= 0.6 is 0 Å². The molecule has 0 aromatic heterocycles. The van der Waals surface area contributed by atoms with Crippen LogP contribution in [0.25, 0.3) is 6.08 Å². The number of hydrogen-bond donors (Lipinski definition) is 1. The molecule has 0 aliphatic heterocycles. The molecule has 0 saturated carbocycles. The number of benzene rings is 1. The van der Waals surface area contributed by atoms with Gasteiger partial charge in [0.05, 0.1) is 13.7 Å². The van der Waals surface area contributed by atoms with E-state index in [0.717, 1.165) is 11.1 Å². The Hall–Kier alpha value is -2.30. The Kier molecular flexibility index (Phi) is 5.32. The van der Waals surface area contributed by atoms with Crippen LogP contribution < -0.4 is 4.74 Å². The van der Waals surface area contributed by atoms with Gasteiger partial charge >= 0.3 is 11.9 Å². The average molecular weight is 278 g/mol. The maximum absolute atomic E-state index is 11.6. The molecule has 0 spiro atoms. The summed E-state index contributed by atoms with van der Waals surface area (Å²) in [6, 6.07) is 3.56. The second-order valence-electron chi connectivity index (χ2n) is 4.26. The minimum absolute atomic E-state index is 0.129. The lowest BCUT2D eigenvalue weighted by atomic mass is 10.00. The molecule has 0 aliphatic rings. The van der Waals surface area contributed by atoms with E-state index in [1.54, 1.807) is 26.2 Å². The molecule has 1 aromatic rings. The monoisotopic (exact) mass is 278 g/mol. The summed E-state index contributed by atoms with van der Waals surface area (Å²) >= 11 is 0. The van der Waals surface area contributed by atoms with Crippen LogP contribution in [0, 0.1) is 13.8 Å². The Labute approximate surface area is 117 Å². The third kappa shape index (κ3) is 3.60. The van der Waals surface area contributed by atoms with Crippen molar-refractivity contribution in [3.63, 3.8) is 0 Å². The summed E-state index contributed by atoms with van der Waals surface area (Å²) < 4.78 is 9.89. The SMILES string of the molecule is CCOC(=O)/C(=C\c1c(C)cc(OC)cc1C)C(=O)O. The number of carbonyl (C=O) groups excluding carboxylic acids is 1. The first-order valence-corrected chi connectivity index (χ1v) is 6.18. The first-order chi connectivity index (χ1) is 9.40. The van der Waals surface area contributed by atoms with Crippen molar-refractivity contribution in [2.75, 3.05) is 13.7 Å². The van der Waals surface area contributed by atoms with Gasteiger partial charge in [-0.25, -0.2) is 9.59 Å². The smallest absolute Gasteiger partial charge is 0.345 e. The Morgan fingerprint density at radius 2 is 1.80 bits per heavy atom. The van der Waals surface area contributed by atoms with Crippen LogP contribution in [0.4, 0.5) is 0 Å². The second kappa shape index (κ2) is 6.75. The predicted octanol–water partition coefficient (Wildman–Crippen LogP) is 2.34. The molecule has 5 nitrogen and oxygen atoms in total. The number of carbonyl (C=O) groups is 2. The largest absolute Gasteiger partial charge is 0.497 e. The van der Waals surface area contributed by atoms with Crippen molar-refractivity contribution in [3.8, 4) is 5.75 Å². The highest BCUT2D eigenvalue weighted by Crippen LogP contribution is 2.24. The number of carboxylic acids is 1. The fourth-order valence-corrected chi connectivity index (χ4v) is 1.84. The summed E-state index contributed by atoms with van der Waals surface area (Å²) in [6.45, 7) is 5.41. The van der Waals surface area contributed by atoms with Crippen LogP contribution in [-0.2, 0) is 14.3 Å². The van der Waals surface area contributed by atoms with Crippen molar-refractivity contribution in [1.82, 2.24) is 0 Å². The highest BCUT2D eigenvalue weighted by molar-refractivity contribution is 6.17. The van der Waals surface area contributed by atoms with E-state index in [-0.39, 0.29) is 12.2 Å². The standard InChI is InChI=1S/C15H18O5/c1-5-20-15(18)13(14(16)17)8-12-9(2)6-11(19-4)7-10(12)3/h6-8H,5H2,1-4H3,(H,16,17)/b13-8-. The Morgan fingerprint density at radius 3 is 2.20 bits per heavy atom. The molecule has 1 aromatic carbocycles. The molecule has 20 heavy (non-hydrogen) atoms. The maximum Gasteiger partial charge on any atom is 0.345 e. The van der Waals surface area contributed by atoms with E-state index < -0.39 is 11.9 Å². The van der Waals surface area contributed by atoms with Gasteiger partial charge < -0.3 is 14.6 Å². The number of ether oxygens (including phenoxy) is 2. The number of carboxylic acid groups (broad SMARTS) is 1. The minimum atomic E-state index is -1.31. The first-order valence-electron chi connectivity index (χ1n) is 6.18. The minimum Gasteiger partial charge on any atom is -0.497 e. The molecular formula is C15H18O5. The molecule has 0 radical (unpaired) electrons. The summed E-state index contributed by atoms with van der Waals surface area (Å²) in [5.41, 5.74) is 1.94. The van der Waals surface area contributed by atoms with E-state index in [9.17, 15) is 9.59 Å². The van der Waals surface area contributed by atoms with Crippen molar-refractivity contribution in [3.05, 3.63) is 34.4 Å². The summed E-state index contributed by atoms with van der Waals surface area (Å²) in [6.07, 6.45) is 1.34. The summed E-state index contributed by atoms with van der Waals surface area (Å²) in [7, 11) is 1.56. The Morgan fingerprint density at radius 1 is 1.25 bits per heavy atom. The molecule has 0 fully saturated rings. The fraction of sp³-hybridized carbons (Fsp3) is 0.333. The van der Waals surface area contributed by atoms with Gasteiger partial charge in [-0.05, 0) is 55.7 Å². The van der Waals surface area contributed by atoms with Gasteiger partial charge in [-0.2, -0.15) is 0 Å². The van der Waals surface area contributed by atoms with Crippen LogP contribution in [-0.4, -0.2) is 30.8 Å². The molecule has 0 aliphatic carbocycles. The second-order valence-corrected chi connectivity index (χ2v) is 4.26. The normalized spacial score (nSPS) is 11.1. The highest BCUT2D eigenvalue weighted by Gasteiger charge is 2.19. The third-order valence-corrected chi connectivity index (χ3v) is 2.82. The summed E-state index contributed by atoms with van der Waals surface area (Å²) in [5.74, 6) is -1.46. The maximum atomic E-state index is 11.6. The fourth-order valence-electron chi connectivity index (χ4n) is 1.84. The van der Waals surface area contributed by atoms with Crippen molar-refractivity contribution < 1.29 is 24.2 Å². The highest BCUT2D eigenvalue weighted by atomic mass is 16.5. The molecule has 5 heteroatoms. The van der Waals surface area contributed by atoms with Gasteiger partial charge in [0.1, 0.15) is 11.3 Å². The zero-order chi connectivity index (χ0) is 15.3. The average Bonchev–Trinajstić information content (AvgIpc) is 2.37. The molecule has 0 atom stereocenters. The molecule has 0 saturated heterocycles. The number of rotatable bonds is 5. The van der Waals surface area contributed by atoms with Gasteiger partial charge in [-0.1, -0.05) is 0 Å². The van der Waals surface area contributed by atoms with Gasteiger partial charge in [0, 0.05) is 0 Å². The van der Waals surface area contributed by atoms with Crippen LogP contribution in [0.3, 0.4) is 0 Å². The first kappa shape index (κ1) is 15.8. The van der Waals surface area contributed by atoms with Crippen LogP contribution in [0.5, 0.6) is 5.75 Å². The Bertz CT molecular complexity index is 534. The number of esters is 1. The third-order valence-electron chi connectivity index (χ3n) is 2.82. The summed E-state index contributed by atoms with van der Waals surface area (Å²) in [5, 5.41) is 9.12. The van der Waals surface area contributed by atoms with Crippen LogP contribution in [0.2, 0.25) is 0 Å². The predicted molar refractivity (Wildman–Crippen MR) is 74.7 cm³/mol. The molecule has 0 amide bonds. The number of hydrogen-bond acceptors (Lipinski definition) is 4. The van der Waals surface area contributed by atoms with Gasteiger partial charge in [0.25, 0.3) is 0 Å². The van der Waals surface area contributed by atoms with E-state index in [1.165, 1.54) is 6.08 Å². The van der Waals surface area contributed by atoms with Crippen molar-refractivity contribution >= 4 is 18.0 Å². The molecular weight excluding hydrogens is 260 g/mol. The topological polar surface area (TPSA) is 72.8 Å². The zero-order valence-electron chi connectivity index (χ0n) is 12.0. The zero-order valence-corrected chi connectivity index (χ0v) is 12.0. The molecule has 108 valence electrons. The van der Waals surface area contributed by atoms with Crippen molar-refractivity contribution in [2.45, 2.75) is 20.8 Å². The lowest BCUT2D eigenvalue weighted by molar-refractivity contribution is -0.143. The van der Waals surface area contributed by atoms with E-state index in [4.69, 9.17) is 14.6 Å². The molecule has 0 bridgehead atoms. The molecule has 0 unspecified atom stereocenters.